The van der Waals surface area contributed by atoms with Gasteiger partial charge in [-0.15, -0.1) is 0 Å². The van der Waals surface area contributed by atoms with Crippen molar-refractivity contribution in [3.63, 3.8) is 0 Å². The number of pyridine rings is 1. The molecule has 2 aromatic heterocycles. The number of carbonyl (C=O) groups is 1. The summed E-state index contributed by atoms with van der Waals surface area (Å²) < 4.78 is 40.5. The lowest BCUT2D eigenvalue weighted by molar-refractivity contribution is -0.263. The number of alkyl halides is 3. The second kappa shape index (κ2) is 5.52. The maximum absolute atomic E-state index is 12.9. The van der Waals surface area contributed by atoms with Crippen LogP contribution in [-0.2, 0) is 0 Å². The lowest BCUT2D eigenvalue weighted by Crippen LogP contribution is -2.46. The van der Waals surface area contributed by atoms with Gasteiger partial charge in [0.2, 0.25) is 0 Å². The van der Waals surface area contributed by atoms with Crippen molar-refractivity contribution in [3.05, 3.63) is 36.3 Å². The SMILES string of the molecule is O=C(c1ccc2nccn2c1)N1CCCC(O)(C(F)(F)F)CC1. The van der Waals surface area contributed by atoms with Crippen molar-refractivity contribution in [1.82, 2.24) is 14.3 Å². The van der Waals surface area contributed by atoms with Crippen LogP contribution in [0.2, 0.25) is 0 Å². The number of aliphatic hydroxyl groups is 1. The highest BCUT2D eigenvalue weighted by molar-refractivity contribution is 5.94. The minimum atomic E-state index is -4.68. The second-order valence-corrected chi connectivity index (χ2v) is 5.79. The van der Waals surface area contributed by atoms with Crippen molar-refractivity contribution in [3.8, 4) is 0 Å². The minimum Gasteiger partial charge on any atom is -0.380 e. The maximum Gasteiger partial charge on any atom is 0.417 e. The molecule has 0 spiro atoms. The van der Waals surface area contributed by atoms with Crippen LogP contribution < -0.4 is 0 Å². The lowest BCUT2D eigenvalue weighted by Gasteiger charge is -2.29. The van der Waals surface area contributed by atoms with Gasteiger partial charge in [0.05, 0.1) is 5.56 Å². The number of hydrogen-bond acceptors (Lipinski definition) is 3. The molecule has 3 heterocycles. The summed E-state index contributed by atoms with van der Waals surface area (Å²) in [6.45, 7) is 0.0655. The van der Waals surface area contributed by atoms with Crippen LogP contribution in [0.15, 0.2) is 30.7 Å². The third kappa shape index (κ3) is 2.90. The fourth-order valence-corrected chi connectivity index (χ4v) is 2.83. The first-order chi connectivity index (χ1) is 10.8. The quantitative estimate of drug-likeness (QED) is 0.874. The summed E-state index contributed by atoms with van der Waals surface area (Å²) in [6.07, 6.45) is -0.575. The number of nitrogens with zero attached hydrogens (tertiary/aromatic N) is 3. The molecule has 0 bridgehead atoms. The Labute approximate surface area is 130 Å². The molecule has 124 valence electrons. The molecule has 8 heteroatoms. The van der Waals surface area contributed by atoms with Crippen molar-refractivity contribution in [2.24, 2.45) is 0 Å². The van der Waals surface area contributed by atoms with Crippen LogP contribution >= 0.6 is 0 Å². The first kappa shape index (κ1) is 15.8. The Balaban J connectivity index is 1.78. The molecule has 3 rings (SSSR count). The van der Waals surface area contributed by atoms with Crippen LogP contribution in [0.1, 0.15) is 29.6 Å². The Hall–Kier alpha value is -2.09. The zero-order valence-electron chi connectivity index (χ0n) is 12.3. The van der Waals surface area contributed by atoms with Crippen molar-refractivity contribution in [1.29, 1.82) is 0 Å². The molecule has 1 fully saturated rings. The predicted octanol–water partition coefficient (Wildman–Crippen LogP) is 2.25. The number of aromatic nitrogens is 2. The monoisotopic (exact) mass is 327 g/mol. The molecule has 1 N–H and O–H groups in total. The minimum absolute atomic E-state index is 0.106. The molecular weight excluding hydrogens is 311 g/mol. The maximum atomic E-state index is 12.9. The van der Waals surface area contributed by atoms with E-state index in [0.717, 1.165) is 0 Å². The third-order valence-corrected chi connectivity index (χ3v) is 4.26. The van der Waals surface area contributed by atoms with E-state index in [-0.39, 0.29) is 31.8 Å². The Kier molecular flexibility index (Phi) is 3.79. The van der Waals surface area contributed by atoms with Crippen LogP contribution in [0, 0.1) is 0 Å². The Morgan fingerprint density at radius 1 is 1.26 bits per heavy atom. The first-order valence-electron chi connectivity index (χ1n) is 7.31. The van der Waals surface area contributed by atoms with E-state index >= 15 is 0 Å². The molecule has 0 radical (unpaired) electrons. The molecule has 1 amide bonds. The molecule has 23 heavy (non-hydrogen) atoms. The van der Waals surface area contributed by atoms with Gasteiger partial charge < -0.3 is 14.4 Å². The highest BCUT2D eigenvalue weighted by Crippen LogP contribution is 2.38. The van der Waals surface area contributed by atoms with E-state index in [2.05, 4.69) is 4.98 Å². The van der Waals surface area contributed by atoms with Crippen LogP contribution in [0.3, 0.4) is 0 Å². The molecule has 1 aliphatic heterocycles. The molecule has 0 aliphatic carbocycles. The highest BCUT2D eigenvalue weighted by Gasteiger charge is 2.53. The van der Waals surface area contributed by atoms with Crippen LogP contribution in [0.5, 0.6) is 0 Å². The molecule has 0 saturated carbocycles. The average molecular weight is 327 g/mol. The van der Waals surface area contributed by atoms with Gasteiger partial charge >= 0.3 is 6.18 Å². The number of halogens is 3. The first-order valence-corrected chi connectivity index (χ1v) is 7.31. The third-order valence-electron chi connectivity index (χ3n) is 4.26. The molecule has 1 saturated heterocycles. The normalized spacial score (nSPS) is 23.0. The Morgan fingerprint density at radius 2 is 2.04 bits per heavy atom. The van der Waals surface area contributed by atoms with Crippen molar-refractivity contribution < 1.29 is 23.1 Å². The zero-order chi connectivity index (χ0) is 16.7. The number of rotatable bonds is 1. The largest absolute Gasteiger partial charge is 0.417 e. The van der Waals surface area contributed by atoms with Gasteiger partial charge in [-0.25, -0.2) is 4.98 Å². The van der Waals surface area contributed by atoms with E-state index in [9.17, 15) is 23.1 Å². The number of amides is 1. The number of imidazole rings is 1. The van der Waals surface area contributed by atoms with Crippen LogP contribution in [0.25, 0.3) is 5.65 Å². The molecule has 2 aromatic rings. The van der Waals surface area contributed by atoms with Gasteiger partial charge in [-0.05, 0) is 25.0 Å². The molecular formula is C15H16F3N3O2. The second-order valence-electron chi connectivity index (χ2n) is 5.79. The number of hydrogen-bond donors (Lipinski definition) is 1. The summed E-state index contributed by atoms with van der Waals surface area (Å²) in [6, 6.07) is 3.28. The Bertz CT molecular complexity index is 728. The van der Waals surface area contributed by atoms with Crippen LogP contribution in [-0.4, -0.2) is 50.2 Å². The smallest absolute Gasteiger partial charge is 0.380 e. The lowest BCUT2D eigenvalue weighted by atomic mass is 9.94. The van der Waals surface area contributed by atoms with Crippen molar-refractivity contribution in [2.45, 2.75) is 31.0 Å². The molecule has 1 unspecified atom stereocenters. The molecule has 0 aromatic carbocycles. The van der Waals surface area contributed by atoms with Gasteiger partial charge in [0.1, 0.15) is 5.65 Å². The fourth-order valence-electron chi connectivity index (χ4n) is 2.83. The number of carbonyl (C=O) groups excluding carboxylic acids is 1. The van der Waals surface area contributed by atoms with Crippen molar-refractivity contribution in [2.75, 3.05) is 13.1 Å². The molecule has 1 aliphatic rings. The van der Waals surface area contributed by atoms with E-state index in [4.69, 9.17) is 0 Å². The van der Waals surface area contributed by atoms with E-state index in [1.807, 2.05) is 0 Å². The zero-order valence-corrected chi connectivity index (χ0v) is 12.3. The van der Waals surface area contributed by atoms with Gasteiger partial charge in [-0.3, -0.25) is 4.79 Å². The predicted molar refractivity (Wildman–Crippen MR) is 76.0 cm³/mol. The number of fused-ring (bicyclic) bond motifs is 1. The van der Waals surface area contributed by atoms with E-state index < -0.39 is 18.2 Å². The standard InChI is InChI=1S/C15H16F3N3O2/c16-15(17,18)14(23)4-1-7-20(8-5-14)13(22)11-2-3-12-19-6-9-21(12)10-11/h2-3,6,9-10,23H,1,4-5,7-8H2. The summed E-state index contributed by atoms with van der Waals surface area (Å²) in [4.78, 5) is 17.9. The number of likely N-dealkylation sites (tertiary alicyclic amines) is 1. The van der Waals surface area contributed by atoms with Gasteiger partial charge in [-0.1, -0.05) is 0 Å². The van der Waals surface area contributed by atoms with Crippen LogP contribution in [0.4, 0.5) is 13.2 Å². The van der Waals surface area contributed by atoms with E-state index in [1.54, 1.807) is 35.1 Å². The molecule has 5 nitrogen and oxygen atoms in total. The topological polar surface area (TPSA) is 57.8 Å². The summed E-state index contributed by atoms with van der Waals surface area (Å²) in [5.41, 5.74) is -1.65. The van der Waals surface area contributed by atoms with Gasteiger partial charge in [0.25, 0.3) is 5.91 Å². The van der Waals surface area contributed by atoms with Crippen molar-refractivity contribution >= 4 is 11.6 Å². The van der Waals surface area contributed by atoms with E-state index in [0.29, 0.717) is 11.2 Å². The fraction of sp³-hybridized carbons (Fsp3) is 0.467. The van der Waals surface area contributed by atoms with Gasteiger partial charge in [0, 0.05) is 38.1 Å². The summed E-state index contributed by atoms with van der Waals surface area (Å²) >= 11 is 0. The van der Waals surface area contributed by atoms with Gasteiger partial charge in [-0.2, -0.15) is 13.2 Å². The summed E-state index contributed by atoms with van der Waals surface area (Å²) in [7, 11) is 0. The van der Waals surface area contributed by atoms with E-state index in [1.165, 1.54) is 4.90 Å². The highest BCUT2D eigenvalue weighted by atomic mass is 19.4. The Morgan fingerprint density at radius 3 is 2.78 bits per heavy atom. The average Bonchev–Trinajstić information content (AvgIpc) is 2.86. The van der Waals surface area contributed by atoms with Gasteiger partial charge in [0.15, 0.2) is 5.60 Å². The molecule has 1 atom stereocenters. The summed E-state index contributed by atoms with van der Waals surface area (Å²) in [5.74, 6) is -0.341. The summed E-state index contributed by atoms with van der Waals surface area (Å²) in [5, 5.41) is 9.80.